The molecule has 0 aliphatic rings. The van der Waals surface area contributed by atoms with E-state index in [2.05, 4.69) is 24.0 Å². The number of hydrogen-bond acceptors (Lipinski definition) is 2. The Hall–Kier alpha value is -1.06. The van der Waals surface area contributed by atoms with Crippen molar-refractivity contribution in [2.24, 2.45) is 0 Å². The van der Waals surface area contributed by atoms with E-state index < -0.39 is 5.60 Å². The van der Waals surface area contributed by atoms with Crippen LogP contribution in [-0.2, 0) is 10.3 Å². The number of benzene rings is 2. The summed E-state index contributed by atoms with van der Waals surface area (Å²) in [5.74, 6) is 0. The van der Waals surface area contributed by atoms with Crippen LogP contribution in [0, 0.1) is 0 Å². The van der Waals surface area contributed by atoms with Crippen LogP contribution in [0.3, 0.4) is 0 Å². The minimum Gasteiger partial charge on any atom is -0.365 e. The van der Waals surface area contributed by atoms with Gasteiger partial charge in [0.1, 0.15) is 5.60 Å². The van der Waals surface area contributed by atoms with Gasteiger partial charge in [0.25, 0.3) is 0 Å². The van der Waals surface area contributed by atoms with Gasteiger partial charge in [0, 0.05) is 11.6 Å². The van der Waals surface area contributed by atoms with Crippen LogP contribution < -0.4 is 0 Å². The SMILES string of the molecule is CN(C)CCO[C@](C)(c1ccccc1)c1ccc(Cl)cc1.Cl. The molecule has 2 aromatic carbocycles. The van der Waals surface area contributed by atoms with E-state index >= 15 is 0 Å². The molecule has 0 fully saturated rings. The third-order valence-electron chi connectivity index (χ3n) is 3.65. The zero-order chi connectivity index (χ0) is 15.3. The van der Waals surface area contributed by atoms with Crippen molar-refractivity contribution in [1.82, 2.24) is 4.90 Å². The van der Waals surface area contributed by atoms with E-state index in [4.69, 9.17) is 16.3 Å². The van der Waals surface area contributed by atoms with Gasteiger partial charge in [0.15, 0.2) is 0 Å². The molecule has 2 aromatic rings. The van der Waals surface area contributed by atoms with Crippen LogP contribution in [0.2, 0.25) is 5.02 Å². The first-order chi connectivity index (χ1) is 10.0. The van der Waals surface area contributed by atoms with Crippen LogP contribution in [0.1, 0.15) is 18.1 Å². The smallest absolute Gasteiger partial charge is 0.115 e. The summed E-state index contributed by atoms with van der Waals surface area (Å²) in [5.41, 5.74) is 1.78. The van der Waals surface area contributed by atoms with Gasteiger partial charge >= 0.3 is 0 Å². The molecule has 0 spiro atoms. The Morgan fingerprint density at radius 2 is 1.50 bits per heavy atom. The fraction of sp³-hybridized carbons (Fsp3) is 0.333. The molecule has 0 aromatic heterocycles. The molecule has 0 aliphatic carbocycles. The number of ether oxygens (including phenoxy) is 1. The number of hydrogen-bond donors (Lipinski definition) is 0. The van der Waals surface area contributed by atoms with E-state index in [1.54, 1.807) is 0 Å². The molecular formula is C18H23Cl2NO. The lowest BCUT2D eigenvalue weighted by molar-refractivity contribution is -0.0101. The molecule has 2 nitrogen and oxygen atoms in total. The Balaban J connectivity index is 0.00000242. The van der Waals surface area contributed by atoms with Gasteiger partial charge in [-0.15, -0.1) is 12.4 Å². The second-order valence-corrected chi connectivity index (χ2v) is 5.99. The Morgan fingerprint density at radius 1 is 0.955 bits per heavy atom. The number of nitrogens with zero attached hydrogens (tertiary/aromatic N) is 1. The van der Waals surface area contributed by atoms with Crippen LogP contribution >= 0.6 is 24.0 Å². The maximum Gasteiger partial charge on any atom is 0.115 e. The topological polar surface area (TPSA) is 12.5 Å². The monoisotopic (exact) mass is 339 g/mol. The van der Waals surface area contributed by atoms with Gasteiger partial charge in [-0.3, -0.25) is 0 Å². The predicted octanol–water partition coefficient (Wildman–Crippen LogP) is 4.60. The minimum absolute atomic E-state index is 0. The number of halogens is 2. The zero-order valence-electron chi connectivity index (χ0n) is 13.3. The second kappa shape index (κ2) is 8.54. The van der Waals surface area contributed by atoms with Crippen molar-refractivity contribution in [3.63, 3.8) is 0 Å². The van der Waals surface area contributed by atoms with Crippen molar-refractivity contribution in [1.29, 1.82) is 0 Å². The Morgan fingerprint density at radius 3 is 2.05 bits per heavy atom. The van der Waals surface area contributed by atoms with Crippen LogP contribution in [0.15, 0.2) is 54.6 Å². The second-order valence-electron chi connectivity index (χ2n) is 5.56. The average molecular weight is 340 g/mol. The van der Waals surface area contributed by atoms with Crippen molar-refractivity contribution < 1.29 is 4.74 Å². The largest absolute Gasteiger partial charge is 0.365 e. The summed E-state index contributed by atoms with van der Waals surface area (Å²) >= 11 is 6.01. The molecule has 0 saturated carbocycles. The van der Waals surface area contributed by atoms with Crippen molar-refractivity contribution in [3.8, 4) is 0 Å². The minimum atomic E-state index is -0.470. The molecule has 0 unspecified atom stereocenters. The van der Waals surface area contributed by atoms with E-state index in [0.29, 0.717) is 6.61 Å². The van der Waals surface area contributed by atoms with Gasteiger partial charge < -0.3 is 9.64 Å². The molecular weight excluding hydrogens is 317 g/mol. The summed E-state index contributed by atoms with van der Waals surface area (Å²) < 4.78 is 6.27. The van der Waals surface area contributed by atoms with Crippen LogP contribution in [0.4, 0.5) is 0 Å². The summed E-state index contributed by atoms with van der Waals surface area (Å²) in [6.45, 7) is 3.66. The van der Waals surface area contributed by atoms with E-state index in [1.807, 2.05) is 56.6 Å². The maximum absolute atomic E-state index is 6.27. The fourth-order valence-corrected chi connectivity index (χ4v) is 2.42. The first kappa shape index (κ1) is 19.0. The van der Waals surface area contributed by atoms with Crippen molar-refractivity contribution >= 4 is 24.0 Å². The first-order valence-electron chi connectivity index (χ1n) is 7.12. The molecule has 0 saturated heterocycles. The molecule has 0 bridgehead atoms. The molecule has 0 heterocycles. The molecule has 120 valence electrons. The summed E-state index contributed by atoms with van der Waals surface area (Å²) in [5, 5.41) is 0.738. The van der Waals surface area contributed by atoms with Gasteiger partial charge in [0.2, 0.25) is 0 Å². The third kappa shape index (κ3) is 4.72. The highest BCUT2D eigenvalue weighted by Gasteiger charge is 2.29. The quantitative estimate of drug-likeness (QED) is 0.762. The maximum atomic E-state index is 6.27. The van der Waals surface area contributed by atoms with Gasteiger partial charge in [-0.1, -0.05) is 54.1 Å². The third-order valence-corrected chi connectivity index (χ3v) is 3.90. The van der Waals surface area contributed by atoms with Crippen LogP contribution in [0.5, 0.6) is 0 Å². The van der Waals surface area contributed by atoms with Crippen molar-refractivity contribution in [3.05, 3.63) is 70.7 Å². The van der Waals surface area contributed by atoms with Gasteiger partial charge in [-0.2, -0.15) is 0 Å². The Bertz CT molecular complexity index is 557. The van der Waals surface area contributed by atoms with Gasteiger partial charge in [-0.25, -0.2) is 0 Å². The highest BCUT2D eigenvalue weighted by atomic mass is 35.5. The average Bonchev–Trinajstić information content (AvgIpc) is 2.48. The van der Waals surface area contributed by atoms with E-state index in [1.165, 1.54) is 0 Å². The molecule has 0 amide bonds. The van der Waals surface area contributed by atoms with E-state index in [0.717, 1.165) is 22.7 Å². The lowest BCUT2D eigenvalue weighted by Gasteiger charge is -2.32. The Labute approximate surface area is 144 Å². The van der Waals surface area contributed by atoms with E-state index in [9.17, 15) is 0 Å². The standard InChI is InChI=1S/C18H22ClNO.ClH/c1-18(21-14-13-20(2)3,15-7-5-4-6-8-15)16-9-11-17(19)12-10-16;/h4-12H,13-14H2,1-3H3;1H/t18-;/m1./s1. The van der Waals surface area contributed by atoms with Crippen molar-refractivity contribution in [2.75, 3.05) is 27.2 Å². The van der Waals surface area contributed by atoms with Crippen LogP contribution in [0.25, 0.3) is 0 Å². The predicted molar refractivity (Wildman–Crippen MR) is 96.1 cm³/mol. The van der Waals surface area contributed by atoms with E-state index in [-0.39, 0.29) is 12.4 Å². The lowest BCUT2D eigenvalue weighted by atomic mass is 9.88. The number of likely N-dealkylation sites (N-methyl/N-ethyl adjacent to an activating group) is 1. The highest BCUT2D eigenvalue weighted by Crippen LogP contribution is 2.33. The molecule has 1 atom stereocenters. The summed E-state index contributed by atoms with van der Waals surface area (Å²) in [7, 11) is 4.09. The molecule has 0 radical (unpaired) electrons. The first-order valence-corrected chi connectivity index (χ1v) is 7.50. The van der Waals surface area contributed by atoms with Crippen LogP contribution in [-0.4, -0.2) is 32.1 Å². The summed E-state index contributed by atoms with van der Waals surface area (Å²) in [6, 6.07) is 18.2. The fourth-order valence-electron chi connectivity index (χ4n) is 2.29. The molecule has 0 N–H and O–H groups in total. The molecule has 4 heteroatoms. The molecule has 2 rings (SSSR count). The Kier molecular flexibility index (Phi) is 7.37. The lowest BCUT2D eigenvalue weighted by Crippen LogP contribution is -2.31. The number of rotatable bonds is 6. The summed E-state index contributed by atoms with van der Waals surface area (Å²) in [4.78, 5) is 2.12. The zero-order valence-corrected chi connectivity index (χ0v) is 14.8. The van der Waals surface area contributed by atoms with Crippen molar-refractivity contribution in [2.45, 2.75) is 12.5 Å². The normalized spacial score (nSPS) is 13.5. The highest BCUT2D eigenvalue weighted by molar-refractivity contribution is 6.30. The molecule has 0 aliphatic heterocycles. The summed E-state index contributed by atoms with van der Waals surface area (Å²) in [6.07, 6.45) is 0. The van der Waals surface area contributed by atoms with Gasteiger partial charge in [0.05, 0.1) is 6.61 Å². The molecule has 22 heavy (non-hydrogen) atoms. The van der Waals surface area contributed by atoms with Gasteiger partial charge in [-0.05, 0) is 44.3 Å².